The van der Waals surface area contributed by atoms with E-state index in [2.05, 4.69) is 6.07 Å². The van der Waals surface area contributed by atoms with Crippen LogP contribution in [0.25, 0.3) is 0 Å². The summed E-state index contributed by atoms with van der Waals surface area (Å²) < 4.78 is 5.70. The fourth-order valence-electron chi connectivity index (χ4n) is 2.41. The van der Waals surface area contributed by atoms with Crippen molar-refractivity contribution in [3.63, 3.8) is 0 Å². The molecule has 2 aromatic rings. The van der Waals surface area contributed by atoms with Gasteiger partial charge in [-0.2, -0.15) is 0 Å². The summed E-state index contributed by atoms with van der Waals surface area (Å²) in [5.41, 5.74) is 5.52. The van der Waals surface area contributed by atoms with Crippen molar-refractivity contribution in [3.8, 4) is 5.75 Å². The van der Waals surface area contributed by atoms with Crippen LogP contribution in [0.5, 0.6) is 5.75 Å². The first-order valence-corrected chi connectivity index (χ1v) is 7.39. The molecule has 0 amide bonds. The molecule has 0 aliphatic heterocycles. The quantitative estimate of drug-likeness (QED) is 0.907. The summed E-state index contributed by atoms with van der Waals surface area (Å²) in [4.78, 5) is 11.5. The zero-order valence-electron chi connectivity index (χ0n) is 13.5. The second-order valence-electron chi connectivity index (χ2n) is 5.82. The third kappa shape index (κ3) is 3.88. The minimum atomic E-state index is -0.946. The number of carbonyl (C=O) groups is 1. The van der Waals surface area contributed by atoms with Gasteiger partial charge in [-0.3, -0.25) is 0 Å². The summed E-state index contributed by atoms with van der Waals surface area (Å²) in [7, 11) is 0. The number of aryl methyl sites for hydroxylation is 4. The Morgan fingerprint density at radius 2 is 1.73 bits per heavy atom. The Kier molecular flexibility index (Phi) is 4.86. The average molecular weight is 298 g/mol. The predicted molar refractivity (Wildman–Crippen MR) is 87.6 cm³/mol. The van der Waals surface area contributed by atoms with Gasteiger partial charge in [-0.25, -0.2) is 4.79 Å². The first-order valence-electron chi connectivity index (χ1n) is 7.39. The maximum Gasteiger partial charge on any atom is 0.345 e. The van der Waals surface area contributed by atoms with Gasteiger partial charge in [0.15, 0.2) is 6.10 Å². The highest BCUT2D eigenvalue weighted by molar-refractivity contribution is 5.73. The van der Waals surface area contributed by atoms with Crippen molar-refractivity contribution >= 4 is 5.97 Å². The largest absolute Gasteiger partial charge is 0.478 e. The molecular formula is C19H22O3. The molecule has 3 nitrogen and oxygen atoms in total. The van der Waals surface area contributed by atoms with E-state index in [0.717, 1.165) is 22.3 Å². The first-order chi connectivity index (χ1) is 10.4. The molecule has 0 saturated carbocycles. The summed E-state index contributed by atoms with van der Waals surface area (Å²) in [5, 5.41) is 9.44. The van der Waals surface area contributed by atoms with Crippen LogP contribution in [0.2, 0.25) is 0 Å². The third-order valence-corrected chi connectivity index (χ3v) is 3.94. The van der Waals surface area contributed by atoms with Crippen LogP contribution in [0.1, 0.15) is 27.8 Å². The molecule has 2 aromatic carbocycles. The lowest BCUT2D eigenvalue weighted by atomic mass is 10.0. The first kappa shape index (κ1) is 16.1. The monoisotopic (exact) mass is 298 g/mol. The van der Waals surface area contributed by atoms with Gasteiger partial charge in [-0.05, 0) is 62.1 Å². The van der Waals surface area contributed by atoms with Crippen LogP contribution >= 0.6 is 0 Å². The molecule has 22 heavy (non-hydrogen) atoms. The summed E-state index contributed by atoms with van der Waals surface area (Å²) in [6.45, 7) is 8.03. The zero-order chi connectivity index (χ0) is 16.3. The molecule has 1 N–H and O–H groups in total. The molecule has 0 heterocycles. The fraction of sp³-hybridized carbons (Fsp3) is 0.316. The van der Waals surface area contributed by atoms with E-state index in [9.17, 15) is 9.90 Å². The van der Waals surface area contributed by atoms with Gasteiger partial charge in [-0.1, -0.05) is 29.8 Å². The zero-order valence-corrected chi connectivity index (χ0v) is 13.5. The smallest absolute Gasteiger partial charge is 0.345 e. The fourth-order valence-corrected chi connectivity index (χ4v) is 2.41. The van der Waals surface area contributed by atoms with Gasteiger partial charge in [0.1, 0.15) is 5.75 Å². The third-order valence-electron chi connectivity index (χ3n) is 3.94. The number of hydrogen-bond donors (Lipinski definition) is 1. The van der Waals surface area contributed by atoms with Gasteiger partial charge in [0, 0.05) is 6.42 Å². The van der Waals surface area contributed by atoms with Crippen LogP contribution in [0.15, 0.2) is 36.4 Å². The Bertz CT molecular complexity index is 689. The van der Waals surface area contributed by atoms with Crippen molar-refractivity contribution in [1.29, 1.82) is 0 Å². The van der Waals surface area contributed by atoms with Crippen molar-refractivity contribution in [2.45, 2.75) is 40.2 Å². The van der Waals surface area contributed by atoms with Crippen molar-refractivity contribution in [3.05, 3.63) is 64.2 Å². The number of hydrogen-bond acceptors (Lipinski definition) is 2. The molecule has 0 bridgehead atoms. The van der Waals surface area contributed by atoms with E-state index >= 15 is 0 Å². The highest BCUT2D eigenvalue weighted by Gasteiger charge is 2.21. The van der Waals surface area contributed by atoms with Gasteiger partial charge in [0.2, 0.25) is 0 Å². The lowest BCUT2D eigenvalue weighted by Gasteiger charge is -2.17. The van der Waals surface area contributed by atoms with E-state index in [1.54, 1.807) is 0 Å². The van der Waals surface area contributed by atoms with Crippen molar-refractivity contribution in [1.82, 2.24) is 0 Å². The van der Waals surface area contributed by atoms with Gasteiger partial charge < -0.3 is 9.84 Å². The molecule has 3 heteroatoms. The predicted octanol–water partition coefficient (Wildman–Crippen LogP) is 3.99. The molecule has 0 fully saturated rings. The number of carboxylic acids is 1. The van der Waals surface area contributed by atoms with E-state index in [0.29, 0.717) is 12.2 Å². The van der Waals surface area contributed by atoms with Crippen molar-refractivity contribution in [2.24, 2.45) is 0 Å². The molecule has 0 saturated heterocycles. The number of aliphatic carboxylic acids is 1. The van der Waals surface area contributed by atoms with Gasteiger partial charge in [0.05, 0.1) is 0 Å². The Labute approximate surface area is 131 Å². The standard InChI is InChI=1S/C19H22O3/c1-12-5-7-16(15(4)9-12)11-18(19(20)21)22-17-8-6-13(2)14(3)10-17/h5-10,18H,11H2,1-4H3,(H,20,21)/t18-/m1/s1. The highest BCUT2D eigenvalue weighted by Crippen LogP contribution is 2.20. The molecule has 0 unspecified atom stereocenters. The Morgan fingerprint density at radius 1 is 1.00 bits per heavy atom. The number of rotatable bonds is 5. The molecule has 1 atom stereocenters. The minimum Gasteiger partial charge on any atom is -0.478 e. The minimum absolute atomic E-state index is 0.356. The molecule has 2 rings (SSSR count). The van der Waals surface area contributed by atoms with E-state index in [4.69, 9.17) is 4.74 Å². The molecule has 0 aromatic heterocycles. The van der Waals surface area contributed by atoms with E-state index in [1.165, 1.54) is 5.56 Å². The average Bonchev–Trinajstić information content (AvgIpc) is 2.44. The Morgan fingerprint density at radius 3 is 2.32 bits per heavy atom. The SMILES string of the molecule is Cc1ccc(C[C@@H](Oc2ccc(C)c(C)c2)C(=O)O)c(C)c1. The van der Waals surface area contributed by atoms with Gasteiger partial charge in [0.25, 0.3) is 0 Å². The lowest BCUT2D eigenvalue weighted by molar-refractivity contribution is -0.145. The number of carboxylic acid groups (broad SMARTS) is 1. The Hall–Kier alpha value is -2.29. The summed E-state index contributed by atoms with van der Waals surface area (Å²) in [6, 6.07) is 11.7. The maximum absolute atomic E-state index is 11.5. The van der Waals surface area contributed by atoms with Gasteiger partial charge >= 0.3 is 5.97 Å². The molecule has 0 aliphatic rings. The topological polar surface area (TPSA) is 46.5 Å². The normalized spacial score (nSPS) is 12.0. The van der Waals surface area contributed by atoms with Crippen LogP contribution in [-0.2, 0) is 11.2 Å². The lowest BCUT2D eigenvalue weighted by Crippen LogP contribution is -2.29. The van der Waals surface area contributed by atoms with Gasteiger partial charge in [-0.15, -0.1) is 0 Å². The molecule has 0 radical (unpaired) electrons. The highest BCUT2D eigenvalue weighted by atomic mass is 16.5. The van der Waals surface area contributed by atoms with Crippen molar-refractivity contribution < 1.29 is 14.6 Å². The molecule has 0 spiro atoms. The number of benzene rings is 2. The maximum atomic E-state index is 11.5. The summed E-state index contributed by atoms with van der Waals surface area (Å²) in [5.74, 6) is -0.349. The molecule has 116 valence electrons. The molecule has 0 aliphatic carbocycles. The summed E-state index contributed by atoms with van der Waals surface area (Å²) >= 11 is 0. The van der Waals surface area contributed by atoms with Crippen LogP contribution in [0.4, 0.5) is 0 Å². The van der Waals surface area contributed by atoms with Crippen molar-refractivity contribution in [2.75, 3.05) is 0 Å². The van der Waals surface area contributed by atoms with Crippen LogP contribution in [0, 0.1) is 27.7 Å². The van der Waals surface area contributed by atoms with E-state index in [1.807, 2.05) is 58.0 Å². The van der Waals surface area contributed by atoms with E-state index in [-0.39, 0.29) is 0 Å². The molecular weight excluding hydrogens is 276 g/mol. The number of ether oxygens (including phenoxy) is 1. The Balaban J connectivity index is 2.19. The van der Waals surface area contributed by atoms with Crippen LogP contribution < -0.4 is 4.74 Å². The van der Waals surface area contributed by atoms with E-state index < -0.39 is 12.1 Å². The summed E-state index contributed by atoms with van der Waals surface area (Å²) in [6.07, 6.45) is -0.530. The van der Waals surface area contributed by atoms with Crippen LogP contribution in [-0.4, -0.2) is 17.2 Å². The van der Waals surface area contributed by atoms with Crippen LogP contribution in [0.3, 0.4) is 0 Å². The second kappa shape index (κ2) is 6.65. The second-order valence-corrected chi connectivity index (χ2v) is 5.82.